The van der Waals surface area contributed by atoms with Gasteiger partial charge in [0.05, 0.1) is 29.2 Å². The number of aromatic nitrogens is 4. The topological polar surface area (TPSA) is 158 Å². The second-order valence-electron chi connectivity index (χ2n) is 9.35. The summed E-state index contributed by atoms with van der Waals surface area (Å²) < 4.78 is 1.82. The van der Waals surface area contributed by atoms with Crippen molar-refractivity contribution in [3.05, 3.63) is 70.3 Å². The molecule has 2 aliphatic rings. The molecule has 3 aromatic rings. The molecule has 10 heteroatoms. The van der Waals surface area contributed by atoms with Crippen molar-refractivity contribution in [3.8, 4) is 0 Å². The zero-order valence-corrected chi connectivity index (χ0v) is 20.9. The summed E-state index contributed by atoms with van der Waals surface area (Å²) in [5.41, 5.74) is 6.93. The number of hydrogen-bond acceptors (Lipinski definition) is 5. The Balaban J connectivity index is 1.89. The zero-order chi connectivity index (χ0) is 27.5. The van der Waals surface area contributed by atoms with Gasteiger partial charge in [-0.3, -0.25) is 14.4 Å². The maximum atomic E-state index is 11.6. The SMILES string of the molecule is O=C(O)CCc1c(CCC(=O)O)c2cc3nc(cc4ccc(cc5nc(cc1n2CCC(=O)O)C=C5)[nH]4)C=C3. The zero-order valence-electron chi connectivity index (χ0n) is 20.9. The van der Waals surface area contributed by atoms with Crippen molar-refractivity contribution in [1.29, 1.82) is 0 Å². The number of nitrogens with zero attached hydrogens (tertiary/aromatic N) is 3. The van der Waals surface area contributed by atoms with Gasteiger partial charge in [0.1, 0.15) is 0 Å². The second kappa shape index (κ2) is 10.8. The van der Waals surface area contributed by atoms with Gasteiger partial charge in [-0.05, 0) is 84.7 Å². The van der Waals surface area contributed by atoms with Crippen molar-refractivity contribution in [3.63, 3.8) is 0 Å². The molecule has 3 aromatic heterocycles. The van der Waals surface area contributed by atoms with Gasteiger partial charge < -0.3 is 24.9 Å². The molecule has 2 aliphatic heterocycles. The van der Waals surface area contributed by atoms with Gasteiger partial charge in [0, 0.05) is 41.5 Å². The van der Waals surface area contributed by atoms with Gasteiger partial charge in [-0.2, -0.15) is 0 Å². The number of fused-ring (bicyclic) bond motifs is 8. The number of carboxylic acid groups (broad SMARTS) is 3. The van der Waals surface area contributed by atoms with E-state index in [1.165, 1.54) is 0 Å². The first-order valence-electron chi connectivity index (χ1n) is 12.5. The number of rotatable bonds is 9. The Morgan fingerprint density at radius 1 is 0.641 bits per heavy atom. The van der Waals surface area contributed by atoms with Gasteiger partial charge in [-0.15, -0.1) is 0 Å². The average Bonchev–Trinajstić information content (AvgIpc) is 3.65. The lowest BCUT2D eigenvalue weighted by Gasteiger charge is -2.06. The molecule has 0 saturated heterocycles. The van der Waals surface area contributed by atoms with Crippen LogP contribution >= 0.6 is 0 Å². The molecular weight excluding hydrogens is 500 g/mol. The van der Waals surface area contributed by atoms with Crippen LogP contribution in [0.15, 0.2) is 36.4 Å². The summed E-state index contributed by atoms with van der Waals surface area (Å²) in [6.07, 6.45) is 7.17. The minimum absolute atomic E-state index is 0.100. The molecule has 0 saturated carbocycles. The van der Waals surface area contributed by atoms with Crippen LogP contribution in [0.2, 0.25) is 0 Å². The van der Waals surface area contributed by atoms with E-state index in [0.29, 0.717) is 44.9 Å². The van der Waals surface area contributed by atoms with E-state index in [9.17, 15) is 29.7 Å². The Kier molecular flexibility index (Phi) is 7.09. The molecule has 10 nitrogen and oxygen atoms in total. The van der Waals surface area contributed by atoms with Crippen LogP contribution in [-0.2, 0) is 33.8 Å². The third kappa shape index (κ3) is 5.96. The van der Waals surface area contributed by atoms with E-state index in [4.69, 9.17) is 9.97 Å². The Hall–Kier alpha value is -4.99. The summed E-state index contributed by atoms with van der Waals surface area (Å²) in [5, 5.41) is 28.4. The van der Waals surface area contributed by atoms with E-state index in [2.05, 4.69) is 4.98 Å². The lowest BCUT2D eigenvalue weighted by atomic mass is 10.0. The average molecular weight is 527 g/mol. The number of hydrogen-bond donors (Lipinski definition) is 4. The van der Waals surface area contributed by atoms with Gasteiger partial charge in [0.2, 0.25) is 0 Å². The molecule has 4 N–H and O–H groups in total. The van der Waals surface area contributed by atoms with Crippen molar-refractivity contribution < 1.29 is 29.7 Å². The molecule has 0 atom stereocenters. The van der Waals surface area contributed by atoms with Crippen LogP contribution in [0.25, 0.3) is 46.4 Å². The lowest BCUT2D eigenvalue weighted by molar-refractivity contribution is -0.138. The molecule has 198 valence electrons. The second-order valence-corrected chi connectivity index (χ2v) is 9.35. The van der Waals surface area contributed by atoms with Crippen molar-refractivity contribution in [1.82, 2.24) is 19.5 Å². The summed E-state index contributed by atoms with van der Waals surface area (Å²) in [7, 11) is 0. The Bertz CT molecular complexity index is 1600. The lowest BCUT2D eigenvalue weighted by Crippen LogP contribution is -2.05. The van der Waals surface area contributed by atoms with Gasteiger partial charge in [0.25, 0.3) is 0 Å². The van der Waals surface area contributed by atoms with Gasteiger partial charge in [-0.25, -0.2) is 9.97 Å². The number of carbonyl (C=O) groups is 3. The number of aliphatic carboxylic acids is 3. The van der Waals surface area contributed by atoms with Crippen LogP contribution < -0.4 is 0 Å². The summed E-state index contributed by atoms with van der Waals surface area (Å²) in [6, 6.07) is 11.3. The van der Waals surface area contributed by atoms with Crippen molar-refractivity contribution >= 4 is 64.3 Å². The molecule has 0 aliphatic carbocycles. The largest absolute Gasteiger partial charge is 0.481 e. The molecule has 0 amide bonds. The normalized spacial score (nSPS) is 12.1. The van der Waals surface area contributed by atoms with Crippen molar-refractivity contribution in [2.24, 2.45) is 0 Å². The van der Waals surface area contributed by atoms with Gasteiger partial charge in [-0.1, -0.05) is 0 Å². The highest BCUT2D eigenvalue weighted by Gasteiger charge is 2.20. The summed E-state index contributed by atoms with van der Waals surface area (Å²) >= 11 is 0. The molecule has 5 rings (SSSR count). The summed E-state index contributed by atoms with van der Waals surface area (Å²) in [4.78, 5) is 47.4. The standard InChI is InChI=1S/C29H26N4O6/c34-27(35)9-7-23-24(8-10-28(36)37)26-16-22-6-4-20(32-22)14-18-2-1-17(30-18)13-19-3-5-21(31-19)15-25(23)33(26)12-11-29(38)39/h1-6,13-16,30H,7-12H2,(H,34,35)(H,36,37)(H,38,39). The number of carboxylic acids is 3. The molecule has 0 spiro atoms. The highest BCUT2D eigenvalue weighted by Crippen LogP contribution is 2.30. The minimum Gasteiger partial charge on any atom is -0.481 e. The van der Waals surface area contributed by atoms with Crippen LogP contribution in [0, 0.1) is 0 Å². The van der Waals surface area contributed by atoms with E-state index in [1.54, 1.807) is 0 Å². The molecule has 0 radical (unpaired) electrons. The first-order chi connectivity index (χ1) is 18.7. The molecule has 0 aromatic carbocycles. The fraction of sp³-hybridized carbons (Fsp3) is 0.207. The summed E-state index contributed by atoms with van der Waals surface area (Å²) in [6.45, 7) is 0.100. The maximum Gasteiger partial charge on any atom is 0.305 e. The van der Waals surface area contributed by atoms with Gasteiger partial charge >= 0.3 is 17.9 Å². The van der Waals surface area contributed by atoms with Crippen LogP contribution in [0.1, 0.15) is 53.2 Å². The molecule has 0 unspecified atom stereocenters. The minimum atomic E-state index is -0.988. The van der Waals surface area contributed by atoms with E-state index < -0.39 is 17.9 Å². The number of H-pyrrole nitrogens is 1. The summed E-state index contributed by atoms with van der Waals surface area (Å²) in [5.74, 6) is -2.96. The highest BCUT2D eigenvalue weighted by molar-refractivity contribution is 5.82. The van der Waals surface area contributed by atoms with E-state index in [0.717, 1.165) is 11.0 Å². The Labute approximate surface area is 222 Å². The smallest absolute Gasteiger partial charge is 0.305 e. The number of aromatic amines is 1. The monoisotopic (exact) mass is 526 g/mol. The van der Waals surface area contributed by atoms with Crippen molar-refractivity contribution in [2.45, 2.75) is 38.6 Å². The predicted molar refractivity (Wildman–Crippen MR) is 147 cm³/mol. The molecule has 39 heavy (non-hydrogen) atoms. The van der Waals surface area contributed by atoms with Crippen LogP contribution in [0.5, 0.6) is 0 Å². The molecule has 5 heterocycles. The molecule has 8 bridgehead atoms. The fourth-order valence-electron chi connectivity index (χ4n) is 4.87. The van der Waals surface area contributed by atoms with Gasteiger partial charge in [0.15, 0.2) is 0 Å². The maximum absolute atomic E-state index is 11.6. The van der Waals surface area contributed by atoms with E-state index in [1.807, 2.05) is 65.3 Å². The quantitative estimate of drug-likeness (QED) is 0.216. The predicted octanol–water partition coefficient (Wildman–Crippen LogP) is 4.64. The van der Waals surface area contributed by atoms with Crippen molar-refractivity contribution in [2.75, 3.05) is 0 Å². The number of aryl methyl sites for hydroxylation is 3. The Morgan fingerprint density at radius 3 is 1.46 bits per heavy atom. The van der Waals surface area contributed by atoms with Crippen LogP contribution in [0.4, 0.5) is 0 Å². The first kappa shape index (κ1) is 25.7. The van der Waals surface area contributed by atoms with Crippen LogP contribution in [0.3, 0.4) is 0 Å². The Morgan fingerprint density at radius 2 is 1.05 bits per heavy atom. The van der Waals surface area contributed by atoms with Crippen LogP contribution in [-0.4, -0.2) is 52.7 Å². The molecule has 0 fully saturated rings. The van der Waals surface area contributed by atoms with E-state index >= 15 is 0 Å². The van der Waals surface area contributed by atoms with E-state index in [-0.39, 0.29) is 38.6 Å². The third-order valence-corrected chi connectivity index (χ3v) is 6.56. The highest BCUT2D eigenvalue weighted by atomic mass is 16.4. The first-order valence-corrected chi connectivity index (χ1v) is 12.5. The third-order valence-electron chi connectivity index (χ3n) is 6.56. The number of nitrogens with one attached hydrogen (secondary N) is 1. The molecular formula is C29H26N4O6. The fourth-order valence-corrected chi connectivity index (χ4v) is 4.87.